The average Bonchev–Trinajstić information content (AvgIpc) is 2.28. The lowest BCUT2D eigenvalue weighted by Gasteiger charge is -2.12. The van der Waals surface area contributed by atoms with E-state index in [1.165, 1.54) is 19.2 Å². The smallest absolute Gasteiger partial charge is 0.240 e. The van der Waals surface area contributed by atoms with Crippen LogP contribution in [0.25, 0.3) is 0 Å². The fourth-order valence-electron chi connectivity index (χ4n) is 1.39. The van der Waals surface area contributed by atoms with E-state index in [-0.39, 0.29) is 11.5 Å². The summed E-state index contributed by atoms with van der Waals surface area (Å²) in [5, 5.41) is 8.83. The van der Waals surface area contributed by atoms with E-state index in [1.807, 2.05) is 0 Å². The molecule has 0 aliphatic rings. The van der Waals surface area contributed by atoms with Gasteiger partial charge in [0, 0.05) is 6.04 Å². The van der Waals surface area contributed by atoms with Crippen LogP contribution in [-0.4, -0.2) is 33.3 Å². The van der Waals surface area contributed by atoms with Crippen LogP contribution in [-0.2, 0) is 10.0 Å². The van der Waals surface area contributed by atoms with E-state index >= 15 is 0 Å². The third-order valence-corrected chi connectivity index (χ3v) is 3.89. The molecule has 0 bridgehead atoms. The summed E-state index contributed by atoms with van der Waals surface area (Å²) in [4.78, 5) is 0.163. The summed E-state index contributed by atoms with van der Waals surface area (Å²) in [5.74, 6) is 0.638. The molecule has 0 amide bonds. The van der Waals surface area contributed by atoms with E-state index in [0.29, 0.717) is 5.75 Å². The SMILES string of the molecule is COc1ccc(S(=O)(=O)NC(C)CO)cc1C. The number of nitrogens with one attached hydrogen (secondary N) is 1. The van der Waals surface area contributed by atoms with Crippen molar-refractivity contribution in [2.45, 2.75) is 24.8 Å². The van der Waals surface area contributed by atoms with Crippen molar-refractivity contribution in [2.24, 2.45) is 0 Å². The molecule has 0 aliphatic carbocycles. The molecule has 2 N–H and O–H groups in total. The Morgan fingerprint density at radius 1 is 1.47 bits per heavy atom. The molecule has 6 heteroatoms. The number of methoxy groups -OCH3 is 1. The van der Waals surface area contributed by atoms with Crippen molar-refractivity contribution >= 4 is 10.0 Å². The average molecular weight is 259 g/mol. The predicted octanol–water partition coefficient (Wildman–Crippen LogP) is 0.663. The van der Waals surface area contributed by atoms with Crippen molar-refractivity contribution in [3.63, 3.8) is 0 Å². The lowest BCUT2D eigenvalue weighted by atomic mass is 10.2. The topological polar surface area (TPSA) is 75.6 Å². The van der Waals surface area contributed by atoms with Gasteiger partial charge in [0.05, 0.1) is 18.6 Å². The third kappa shape index (κ3) is 3.42. The number of ether oxygens (including phenoxy) is 1. The number of benzene rings is 1. The van der Waals surface area contributed by atoms with Gasteiger partial charge in [0.1, 0.15) is 5.75 Å². The molecule has 1 atom stereocenters. The quantitative estimate of drug-likeness (QED) is 0.814. The first-order chi connectivity index (χ1) is 7.90. The third-order valence-electron chi connectivity index (χ3n) is 2.31. The Morgan fingerprint density at radius 2 is 2.12 bits per heavy atom. The summed E-state index contributed by atoms with van der Waals surface area (Å²) in [6.45, 7) is 3.12. The molecule has 0 radical (unpaired) electrons. The second-order valence-corrected chi connectivity index (χ2v) is 5.55. The fourth-order valence-corrected chi connectivity index (χ4v) is 2.71. The monoisotopic (exact) mass is 259 g/mol. The van der Waals surface area contributed by atoms with Crippen LogP contribution in [0, 0.1) is 6.92 Å². The number of aryl methyl sites for hydroxylation is 1. The minimum Gasteiger partial charge on any atom is -0.496 e. The number of hydrogen-bond donors (Lipinski definition) is 2. The van der Waals surface area contributed by atoms with Gasteiger partial charge in [-0.25, -0.2) is 13.1 Å². The Morgan fingerprint density at radius 3 is 2.59 bits per heavy atom. The van der Waals surface area contributed by atoms with Crippen molar-refractivity contribution in [3.8, 4) is 5.75 Å². The lowest BCUT2D eigenvalue weighted by Crippen LogP contribution is -2.35. The maximum atomic E-state index is 11.9. The van der Waals surface area contributed by atoms with Crippen LogP contribution < -0.4 is 9.46 Å². The van der Waals surface area contributed by atoms with Crippen molar-refractivity contribution in [3.05, 3.63) is 23.8 Å². The summed E-state index contributed by atoms with van der Waals surface area (Å²) in [5.41, 5.74) is 0.743. The van der Waals surface area contributed by atoms with Crippen LogP contribution in [0.3, 0.4) is 0 Å². The minimum atomic E-state index is -3.58. The van der Waals surface area contributed by atoms with E-state index in [2.05, 4.69) is 4.72 Å². The Hall–Kier alpha value is -1.11. The van der Waals surface area contributed by atoms with E-state index in [4.69, 9.17) is 9.84 Å². The molecule has 0 aliphatic heterocycles. The fraction of sp³-hybridized carbons (Fsp3) is 0.455. The summed E-state index contributed by atoms with van der Waals surface area (Å²) >= 11 is 0. The molecule has 5 nitrogen and oxygen atoms in total. The standard InChI is InChI=1S/C11H17NO4S/c1-8-6-10(4-5-11(8)16-3)17(14,15)12-9(2)7-13/h4-6,9,12-13H,7H2,1-3H3. The van der Waals surface area contributed by atoms with Crippen LogP contribution in [0.5, 0.6) is 5.75 Å². The Bertz CT molecular complexity index is 484. The highest BCUT2D eigenvalue weighted by atomic mass is 32.2. The van der Waals surface area contributed by atoms with Gasteiger partial charge in [-0.3, -0.25) is 0 Å². The minimum absolute atomic E-state index is 0.163. The molecular weight excluding hydrogens is 242 g/mol. The molecule has 0 fully saturated rings. The van der Waals surface area contributed by atoms with Crippen LogP contribution in [0.1, 0.15) is 12.5 Å². The zero-order valence-corrected chi connectivity index (χ0v) is 10.9. The summed E-state index contributed by atoms with van der Waals surface area (Å²) < 4.78 is 31.2. The van der Waals surface area contributed by atoms with Crippen LogP contribution in [0.2, 0.25) is 0 Å². The molecule has 17 heavy (non-hydrogen) atoms. The van der Waals surface area contributed by atoms with Gasteiger partial charge in [0.2, 0.25) is 10.0 Å². The molecular formula is C11H17NO4S. The molecule has 0 saturated heterocycles. The largest absolute Gasteiger partial charge is 0.496 e. The summed E-state index contributed by atoms with van der Waals surface area (Å²) in [7, 11) is -2.05. The summed E-state index contributed by atoms with van der Waals surface area (Å²) in [6, 6.07) is 4.10. The van der Waals surface area contributed by atoms with Crippen molar-refractivity contribution in [1.82, 2.24) is 4.72 Å². The van der Waals surface area contributed by atoms with E-state index in [9.17, 15) is 8.42 Å². The van der Waals surface area contributed by atoms with Gasteiger partial charge in [-0.1, -0.05) is 0 Å². The van der Waals surface area contributed by atoms with Gasteiger partial charge in [-0.2, -0.15) is 0 Å². The number of hydrogen-bond acceptors (Lipinski definition) is 4. The van der Waals surface area contributed by atoms with Crippen molar-refractivity contribution in [1.29, 1.82) is 0 Å². The second-order valence-electron chi connectivity index (χ2n) is 3.84. The van der Waals surface area contributed by atoms with Gasteiger partial charge in [0.15, 0.2) is 0 Å². The zero-order valence-electron chi connectivity index (χ0n) is 10.1. The first-order valence-corrected chi connectivity index (χ1v) is 6.67. The molecule has 0 saturated carbocycles. The maximum absolute atomic E-state index is 11.9. The zero-order chi connectivity index (χ0) is 13.1. The van der Waals surface area contributed by atoms with Crippen LogP contribution in [0.15, 0.2) is 23.1 Å². The molecule has 1 aromatic rings. The Kier molecular flexibility index (Phi) is 4.50. The van der Waals surface area contributed by atoms with E-state index in [0.717, 1.165) is 5.56 Å². The van der Waals surface area contributed by atoms with Crippen LogP contribution in [0.4, 0.5) is 0 Å². The van der Waals surface area contributed by atoms with E-state index < -0.39 is 16.1 Å². The number of rotatable bonds is 5. The van der Waals surface area contributed by atoms with Crippen molar-refractivity contribution < 1.29 is 18.3 Å². The van der Waals surface area contributed by atoms with Gasteiger partial charge < -0.3 is 9.84 Å². The molecule has 96 valence electrons. The highest BCUT2D eigenvalue weighted by Gasteiger charge is 2.17. The molecule has 0 spiro atoms. The van der Waals surface area contributed by atoms with Crippen LogP contribution >= 0.6 is 0 Å². The number of aliphatic hydroxyl groups is 1. The van der Waals surface area contributed by atoms with Gasteiger partial charge in [0.25, 0.3) is 0 Å². The highest BCUT2D eigenvalue weighted by molar-refractivity contribution is 7.89. The number of aliphatic hydroxyl groups excluding tert-OH is 1. The Balaban J connectivity index is 3.04. The van der Waals surface area contributed by atoms with Crippen molar-refractivity contribution in [2.75, 3.05) is 13.7 Å². The molecule has 0 heterocycles. The lowest BCUT2D eigenvalue weighted by molar-refractivity contribution is 0.265. The summed E-state index contributed by atoms with van der Waals surface area (Å²) in [6.07, 6.45) is 0. The number of sulfonamides is 1. The molecule has 0 aromatic heterocycles. The van der Waals surface area contributed by atoms with Gasteiger partial charge in [-0.15, -0.1) is 0 Å². The molecule has 1 unspecified atom stereocenters. The Labute approximate surface area is 101 Å². The second kappa shape index (κ2) is 5.48. The highest BCUT2D eigenvalue weighted by Crippen LogP contribution is 2.21. The first kappa shape index (κ1) is 14.0. The first-order valence-electron chi connectivity index (χ1n) is 5.18. The van der Waals surface area contributed by atoms with E-state index in [1.54, 1.807) is 19.9 Å². The normalized spacial score (nSPS) is 13.4. The predicted molar refractivity (Wildman–Crippen MR) is 64.6 cm³/mol. The maximum Gasteiger partial charge on any atom is 0.240 e. The van der Waals surface area contributed by atoms with Gasteiger partial charge in [-0.05, 0) is 37.6 Å². The molecule has 1 aromatic carbocycles. The van der Waals surface area contributed by atoms with Gasteiger partial charge >= 0.3 is 0 Å². The molecule has 1 rings (SSSR count).